The van der Waals surface area contributed by atoms with Gasteiger partial charge in [0.1, 0.15) is 5.75 Å². The first-order chi connectivity index (χ1) is 13.4. The zero-order chi connectivity index (χ0) is 19.9. The number of hydrogen-bond donors (Lipinski definition) is 0. The Kier molecular flexibility index (Phi) is 5.36. The van der Waals surface area contributed by atoms with Gasteiger partial charge in [-0.3, -0.25) is 9.88 Å². The van der Waals surface area contributed by atoms with Gasteiger partial charge in [-0.15, -0.1) is 0 Å². The zero-order valence-electron chi connectivity index (χ0n) is 17.9. The van der Waals surface area contributed by atoms with Gasteiger partial charge in [0.15, 0.2) is 0 Å². The van der Waals surface area contributed by atoms with Crippen LogP contribution in [-0.2, 0) is 4.74 Å². The van der Waals surface area contributed by atoms with E-state index >= 15 is 0 Å². The predicted molar refractivity (Wildman–Crippen MR) is 114 cm³/mol. The molecule has 5 unspecified atom stereocenters. The minimum atomic E-state index is -0.207. The Labute approximate surface area is 169 Å². The van der Waals surface area contributed by atoms with Crippen LogP contribution in [0, 0.1) is 11.8 Å². The van der Waals surface area contributed by atoms with Crippen molar-refractivity contribution < 1.29 is 9.47 Å². The van der Waals surface area contributed by atoms with Crippen LogP contribution >= 0.6 is 0 Å². The van der Waals surface area contributed by atoms with Crippen molar-refractivity contribution in [2.24, 2.45) is 11.8 Å². The molecule has 0 saturated carbocycles. The molecule has 0 spiro atoms. The molecule has 1 aromatic heterocycles. The van der Waals surface area contributed by atoms with Crippen LogP contribution in [0.5, 0.6) is 5.75 Å². The lowest BCUT2D eigenvalue weighted by atomic mass is 9.72. The largest absolute Gasteiger partial charge is 0.497 e. The van der Waals surface area contributed by atoms with E-state index in [2.05, 4.69) is 49.7 Å². The van der Waals surface area contributed by atoms with Crippen molar-refractivity contribution in [2.75, 3.05) is 20.2 Å². The summed E-state index contributed by atoms with van der Waals surface area (Å²) in [5.41, 5.74) is 2.04. The van der Waals surface area contributed by atoms with Gasteiger partial charge in [0.2, 0.25) is 0 Å². The Hall–Kier alpha value is -1.65. The zero-order valence-corrected chi connectivity index (χ0v) is 17.9. The Morgan fingerprint density at radius 1 is 1.25 bits per heavy atom. The fourth-order valence-electron chi connectivity index (χ4n) is 5.21. The number of methoxy groups -OCH3 is 1. The van der Waals surface area contributed by atoms with E-state index in [1.807, 2.05) is 18.3 Å². The Morgan fingerprint density at radius 3 is 2.71 bits per heavy atom. The molecular formula is C24H34N2O2. The van der Waals surface area contributed by atoms with Crippen LogP contribution in [0.1, 0.15) is 58.6 Å². The van der Waals surface area contributed by atoms with Crippen molar-refractivity contribution in [1.29, 1.82) is 0 Å². The smallest absolute Gasteiger partial charge is 0.119 e. The Balaban J connectivity index is 1.77. The number of pyridine rings is 1. The number of rotatable bonds is 5. The quantitative estimate of drug-likeness (QED) is 0.710. The molecular weight excluding hydrogens is 348 g/mol. The average molecular weight is 383 g/mol. The molecule has 0 N–H and O–H groups in total. The molecule has 0 aliphatic carbocycles. The molecule has 2 aromatic rings. The first kappa shape index (κ1) is 19.7. The number of ether oxygens (including phenoxy) is 2. The normalized spacial score (nSPS) is 28.5. The molecule has 152 valence electrons. The first-order valence-electron chi connectivity index (χ1n) is 10.7. The molecule has 28 heavy (non-hydrogen) atoms. The minimum absolute atomic E-state index is 0.0400. The fourth-order valence-corrected chi connectivity index (χ4v) is 5.21. The molecule has 0 amide bonds. The van der Waals surface area contributed by atoms with Gasteiger partial charge in [-0.2, -0.15) is 0 Å². The topological polar surface area (TPSA) is 34.6 Å². The van der Waals surface area contributed by atoms with Gasteiger partial charge >= 0.3 is 0 Å². The monoisotopic (exact) mass is 382 g/mol. The Bertz CT molecular complexity index is 829. The lowest BCUT2D eigenvalue weighted by Gasteiger charge is -2.52. The highest BCUT2D eigenvalue weighted by Crippen LogP contribution is 2.45. The standard InChI is InChI=1S/C24H34N2O2/c1-6-16-15-26-12-10-17(16)13-22(26)23(28-24(2,3)4)19-9-11-25-21-8-7-18(27-5)14-20(19)21/h7-9,11,14,16-17,22-23H,6,10,12-13,15H2,1-5H3. The summed E-state index contributed by atoms with van der Waals surface area (Å²) in [5.74, 6) is 2.54. The molecule has 3 fully saturated rings. The average Bonchev–Trinajstić information content (AvgIpc) is 2.70. The van der Waals surface area contributed by atoms with Crippen molar-refractivity contribution in [3.05, 3.63) is 36.0 Å². The van der Waals surface area contributed by atoms with Crippen molar-refractivity contribution >= 4 is 10.9 Å². The number of aromatic nitrogens is 1. The maximum atomic E-state index is 6.76. The van der Waals surface area contributed by atoms with E-state index in [-0.39, 0.29) is 11.7 Å². The van der Waals surface area contributed by atoms with Crippen LogP contribution in [0.15, 0.2) is 30.5 Å². The third-order valence-electron chi connectivity index (χ3n) is 6.58. The van der Waals surface area contributed by atoms with Crippen molar-refractivity contribution in [2.45, 2.75) is 64.7 Å². The molecule has 3 aliphatic heterocycles. The summed E-state index contributed by atoms with van der Waals surface area (Å²) in [5, 5.41) is 1.14. The van der Waals surface area contributed by atoms with Gasteiger partial charge in [-0.1, -0.05) is 13.3 Å². The van der Waals surface area contributed by atoms with E-state index in [0.29, 0.717) is 6.04 Å². The van der Waals surface area contributed by atoms with Crippen molar-refractivity contribution in [3.63, 3.8) is 0 Å². The van der Waals surface area contributed by atoms with E-state index in [9.17, 15) is 0 Å². The summed E-state index contributed by atoms with van der Waals surface area (Å²) in [6, 6.07) is 8.72. The summed E-state index contributed by atoms with van der Waals surface area (Å²) < 4.78 is 12.3. The number of fused-ring (bicyclic) bond motifs is 4. The summed E-state index contributed by atoms with van der Waals surface area (Å²) >= 11 is 0. The first-order valence-corrected chi connectivity index (χ1v) is 10.7. The highest BCUT2D eigenvalue weighted by Gasteiger charge is 2.44. The maximum Gasteiger partial charge on any atom is 0.119 e. The van der Waals surface area contributed by atoms with Gasteiger partial charge in [-0.05, 0) is 81.8 Å². The molecule has 2 bridgehead atoms. The second kappa shape index (κ2) is 7.64. The third-order valence-corrected chi connectivity index (χ3v) is 6.58. The highest BCUT2D eigenvalue weighted by atomic mass is 16.5. The highest BCUT2D eigenvalue weighted by molar-refractivity contribution is 5.84. The van der Waals surface area contributed by atoms with E-state index in [0.717, 1.165) is 28.5 Å². The van der Waals surface area contributed by atoms with Crippen LogP contribution in [0.25, 0.3) is 10.9 Å². The van der Waals surface area contributed by atoms with Crippen molar-refractivity contribution in [1.82, 2.24) is 9.88 Å². The second-order valence-electron chi connectivity index (χ2n) is 9.45. The molecule has 0 radical (unpaired) electrons. The van der Waals surface area contributed by atoms with Gasteiger partial charge in [0.25, 0.3) is 0 Å². The maximum absolute atomic E-state index is 6.76. The molecule has 1 aromatic carbocycles. The summed E-state index contributed by atoms with van der Waals surface area (Å²) in [6.45, 7) is 11.2. The Morgan fingerprint density at radius 2 is 2.07 bits per heavy atom. The summed E-state index contributed by atoms with van der Waals surface area (Å²) in [6.07, 6.45) is 5.82. The van der Waals surface area contributed by atoms with E-state index in [1.54, 1.807) is 7.11 Å². The number of hydrogen-bond acceptors (Lipinski definition) is 4. The third kappa shape index (κ3) is 3.77. The number of piperidine rings is 3. The number of benzene rings is 1. The predicted octanol–water partition coefficient (Wildman–Crippen LogP) is 5.22. The second-order valence-corrected chi connectivity index (χ2v) is 9.45. The lowest BCUT2D eigenvalue weighted by Crippen LogP contribution is -2.56. The van der Waals surface area contributed by atoms with Gasteiger partial charge in [-0.25, -0.2) is 0 Å². The van der Waals surface area contributed by atoms with Crippen LogP contribution in [0.3, 0.4) is 0 Å². The molecule has 5 atom stereocenters. The SMILES string of the molecule is CCC1CN2CCC1CC2C(OC(C)(C)C)c1ccnc2ccc(OC)cc12. The molecule has 5 rings (SSSR count). The van der Waals surface area contributed by atoms with E-state index < -0.39 is 0 Å². The lowest BCUT2D eigenvalue weighted by molar-refractivity contribution is -0.131. The molecule has 4 nitrogen and oxygen atoms in total. The van der Waals surface area contributed by atoms with Crippen LogP contribution in [0.2, 0.25) is 0 Å². The van der Waals surface area contributed by atoms with E-state index in [4.69, 9.17) is 9.47 Å². The summed E-state index contributed by atoms with van der Waals surface area (Å²) in [7, 11) is 1.72. The van der Waals surface area contributed by atoms with Crippen molar-refractivity contribution in [3.8, 4) is 5.75 Å². The minimum Gasteiger partial charge on any atom is -0.497 e. The number of nitrogens with zero attached hydrogens (tertiary/aromatic N) is 2. The molecule has 4 heteroatoms. The van der Waals surface area contributed by atoms with Gasteiger partial charge in [0, 0.05) is 24.2 Å². The fraction of sp³-hybridized carbons (Fsp3) is 0.625. The molecule has 3 saturated heterocycles. The van der Waals surface area contributed by atoms with Crippen LogP contribution < -0.4 is 4.74 Å². The van der Waals surface area contributed by atoms with Crippen LogP contribution in [-0.4, -0.2) is 41.7 Å². The summed E-state index contributed by atoms with van der Waals surface area (Å²) in [4.78, 5) is 7.28. The van der Waals surface area contributed by atoms with Gasteiger partial charge in [0.05, 0.1) is 24.3 Å². The van der Waals surface area contributed by atoms with Crippen LogP contribution in [0.4, 0.5) is 0 Å². The molecule has 3 aliphatic rings. The van der Waals surface area contributed by atoms with E-state index in [1.165, 1.54) is 37.9 Å². The van der Waals surface area contributed by atoms with Gasteiger partial charge < -0.3 is 9.47 Å². The molecule has 4 heterocycles.